The molecule has 1 saturated carbocycles. The second-order valence-electron chi connectivity index (χ2n) is 5.28. The third-order valence-corrected chi connectivity index (χ3v) is 3.59. The predicted molar refractivity (Wildman–Crippen MR) is 78.2 cm³/mol. The van der Waals surface area contributed by atoms with Crippen LogP contribution in [-0.4, -0.2) is 27.9 Å². The molecule has 1 fully saturated rings. The zero-order valence-corrected chi connectivity index (χ0v) is 12.4. The van der Waals surface area contributed by atoms with Crippen molar-refractivity contribution in [3.8, 4) is 11.5 Å². The van der Waals surface area contributed by atoms with E-state index in [1.165, 1.54) is 12.8 Å². The van der Waals surface area contributed by atoms with Gasteiger partial charge in [0.2, 0.25) is 0 Å². The lowest BCUT2D eigenvalue weighted by atomic mass is 10.2. The van der Waals surface area contributed by atoms with Crippen LogP contribution in [0.4, 0.5) is 0 Å². The van der Waals surface area contributed by atoms with E-state index in [2.05, 4.69) is 15.5 Å². The van der Waals surface area contributed by atoms with E-state index in [-0.39, 0.29) is 0 Å². The average Bonchev–Trinajstić information content (AvgIpc) is 3.25. The van der Waals surface area contributed by atoms with Crippen molar-refractivity contribution in [3.05, 3.63) is 35.9 Å². The largest absolute Gasteiger partial charge is 0.497 e. The van der Waals surface area contributed by atoms with Gasteiger partial charge in [-0.3, -0.25) is 0 Å². The number of aromatic nitrogens is 3. The maximum atomic E-state index is 5.91. The number of aryl methyl sites for hydroxylation is 1. The highest BCUT2D eigenvalue weighted by Gasteiger charge is 2.20. The van der Waals surface area contributed by atoms with Crippen LogP contribution in [0.25, 0.3) is 0 Å². The SMILES string of the molecule is COc1ccc(CNC2CC2)c(OCc2nncn2C)c1. The van der Waals surface area contributed by atoms with Gasteiger partial charge >= 0.3 is 0 Å². The molecule has 1 aliphatic rings. The number of hydrogen-bond donors (Lipinski definition) is 1. The fraction of sp³-hybridized carbons (Fsp3) is 0.467. The summed E-state index contributed by atoms with van der Waals surface area (Å²) in [5, 5.41) is 11.4. The zero-order valence-electron chi connectivity index (χ0n) is 12.4. The summed E-state index contributed by atoms with van der Waals surface area (Å²) in [4.78, 5) is 0. The van der Waals surface area contributed by atoms with Crippen LogP contribution in [-0.2, 0) is 20.2 Å². The van der Waals surface area contributed by atoms with Gasteiger partial charge in [-0.2, -0.15) is 0 Å². The normalized spacial score (nSPS) is 14.2. The molecule has 112 valence electrons. The third-order valence-electron chi connectivity index (χ3n) is 3.59. The van der Waals surface area contributed by atoms with Crippen molar-refractivity contribution in [3.63, 3.8) is 0 Å². The van der Waals surface area contributed by atoms with E-state index in [0.29, 0.717) is 12.6 Å². The van der Waals surface area contributed by atoms with Crippen molar-refractivity contribution in [1.82, 2.24) is 20.1 Å². The molecule has 3 rings (SSSR count). The Kier molecular flexibility index (Phi) is 4.06. The first-order valence-corrected chi connectivity index (χ1v) is 7.12. The highest BCUT2D eigenvalue weighted by molar-refractivity contribution is 5.40. The van der Waals surface area contributed by atoms with Gasteiger partial charge in [0.25, 0.3) is 0 Å². The summed E-state index contributed by atoms with van der Waals surface area (Å²) in [5.41, 5.74) is 1.13. The quantitative estimate of drug-likeness (QED) is 0.839. The van der Waals surface area contributed by atoms with Crippen LogP contribution in [0.15, 0.2) is 24.5 Å². The number of nitrogens with zero attached hydrogens (tertiary/aromatic N) is 3. The molecule has 0 amide bonds. The van der Waals surface area contributed by atoms with Gasteiger partial charge in [0.15, 0.2) is 5.82 Å². The summed E-state index contributed by atoms with van der Waals surface area (Å²) in [5.74, 6) is 2.41. The molecule has 0 atom stereocenters. The molecule has 1 aromatic heterocycles. The van der Waals surface area contributed by atoms with Gasteiger partial charge < -0.3 is 19.4 Å². The van der Waals surface area contributed by atoms with E-state index in [0.717, 1.165) is 29.4 Å². The second-order valence-corrected chi connectivity index (χ2v) is 5.28. The minimum Gasteiger partial charge on any atom is -0.497 e. The molecule has 1 N–H and O–H groups in total. The first-order valence-electron chi connectivity index (χ1n) is 7.12. The molecule has 0 saturated heterocycles. The van der Waals surface area contributed by atoms with Crippen LogP contribution >= 0.6 is 0 Å². The highest BCUT2D eigenvalue weighted by atomic mass is 16.5. The molecular weight excluding hydrogens is 268 g/mol. The standard InChI is InChI=1S/C15H20N4O2/c1-19-10-17-18-15(19)9-21-14-7-13(20-2)6-3-11(14)8-16-12-4-5-12/h3,6-7,10,12,16H,4-5,8-9H2,1-2H3. The molecule has 0 spiro atoms. The van der Waals surface area contributed by atoms with Gasteiger partial charge in [0.1, 0.15) is 24.4 Å². The lowest BCUT2D eigenvalue weighted by Crippen LogP contribution is -2.16. The number of hydrogen-bond acceptors (Lipinski definition) is 5. The lowest BCUT2D eigenvalue weighted by Gasteiger charge is -2.13. The van der Waals surface area contributed by atoms with Crippen molar-refractivity contribution < 1.29 is 9.47 Å². The maximum absolute atomic E-state index is 5.91. The molecular formula is C15H20N4O2. The highest BCUT2D eigenvalue weighted by Crippen LogP contribution is 2.27. The van der Waals surface area contributed by atoms with Gasteiger partial charge in [-0.25, -0.2) is 0 Å². The Morgan fingerprint density at radius 3 is 2.90 bits per heavy atom. The summed E-state index contributed by atoms with van der Waals surface area (Å²) in [7, 11) is 3.56. The Morgan fingerprint density at radius 2 is 2.24 bits per heavy atom. The van der Waals surface area contributed by atoms with Crippen LogP contribution in [0.5, 0.6) is 11.5 Å². The van der Waals surface area contributed by atoms with E-state index in [4.69, 9.17) is 9.47 Å². The molecule has 1 heterocycles. The van der Waals surface area contributed by atoms with E-state index >= 15 is 0 Å². The molecule has 21 heavy (non-hydrogen) atoms. The molecule has 2 aromatic rings. The number of benzene rings is 1. The Labute approximate surface area is 124 Å². The fourth-order valence-electron chi connectivity index (χ4n) is 2.06. The van der Waals surface area contributed by atoms with Gasteiger partial charge in [-0.1, -0.05) is 6.07 Å². The summed E-state index contributed by atoms with van der Waals surface area (Å²) < 4.78 is 13.0. The Bertz CT molecular complexity index is 607. The lowest BCUT2D eigenvalue weighted by molar-refractivity contribution is 0.285. The van der Waals surface area contributed by atoms with Crippen LogP contribution < -0.4 is 14.8 Å². The Hall–Kier alpha value is -2.08. The van der Waals surface area contributed by atoms with Crippen LogP contribution in [0.2, 0.25) is 0 Å². The predicted octanol–water partition coefficient (Wildman–Crippen LogP) is 1.65. The number of nitrogens with one attached hydrogen (secondary N) is 1. The Morgan fingerprint density at radius 1 is 1.38 bits per heavy atom. The zero-order chi connectivity index (χ0) is 14.7. The number of ether oxygens (including phenoxy) is 2. The minimum absolute atomic E-state index is 0.389. The van der Waals surface area contributed by atoms with E-state index in [1.807, 2.05) is 29.8 Å². The monoisotopic (exact) mass is 288 g/mol. The molecule has 0 aliphatic heterocycles. The molecule has 1 aliphatic carbocycles. The fourth-order valence-corrected chi connectivity index (χ4v) is 2.06. The average molecular weight is 288 g/mol. The molecule has 0 unspecified atom stereocenters. The summed E-state index contributed by atoms with van der Waals surface area (Å²) in [6.45, 7) is 1.20. The van der Waals surface area contributed by atoms with E-state index in [1.54, 1.807) is 13.4 Å². The molecule has 0 radical (unpaired) electrons. The van der Waals surface area contributed by atoms with Crippen molar-refractivity contribution in [2.75, 3.05) is 7.11 Å². The second kappa shape index (κ2) is 6.13. The van der Waals surface area contributed by atoms with Crippen LogP contribution in [0.3, 0.4) is 0 Å². The minimum atomic E-state index is 0.389. The summed E-state index contributed by atoms with van der Waals surface area (Å²) >= 11 is 0. The van der Waals surface area contributed by atoms with E-state index < -0.39 is 0 Å². The first kappa shape index (κ1) is 13.9. The van der Waals surface area contributed by atoms with Crippen LogP contribution in [0.1, 0.15) is 24.2 Å². The first-order chi connectivity index (χ1) is 10.3. The van der Waals surface area contributed by atoms with Gasteiger partial charge in [0, 0.05) is 31.3 Å². The van der Waals surface area contributed by atoms with E-state index in [9.17, 15) is 0 Å². The van der Waals surface area contributed by atoms with Crippen LogP contribution in [0, 0.1) is 0 Å². The van der Waals surface area contributed by atoms with Gasteiger partial charge in [-0.15, -0.1) is 10.2 Å². The van der Waals surface area contributed by atoms with Crippen molar-refractivity contribution in [2.45, 2.75) is 32.0 Å². The van der Waals surface area contributed by atoms with Gasteiger partial charge in [0.05, 0.1) is 7.11 Å². The topological polar surface area (TPSA) is 61.2 Å². The number of methoxy groups -OCH3 is 1. The molecule has 0 bridgehead atoms. The number of rotatable bonds is 7. The summed E-state index contributed by atoms with van der Waals surface area (Å²) in [6.07, 6.45) is 4.20. The molecule has 6 nitrogen and oxygen atoms in total. The Balaban J connectivity index is 1.71. The maximum Gasteiger partial charge on any atom is 0.170 e. The summed E-state index contributed by atoms with van der Waals surface area (Å²) in [6, 6.07) is 6.58. The van der Waals surface area contributed by atoms with Gasteiger partial charge in [-0.05, 0) is 18.9 Å². The molecule has 1 aromatic carbocycles. The smallest absolute Gasteiger partial charge is 0.170 e. The molecule has 6 heteroatoms. The van der Waals surface area contributed by atoms with Crippen molar-refractivity contribution >= 4 is 0 Å². The van der Waals surface area contributed by atoms with Crippen molar-refractivity contribution in [1.29, 1.82) is 0 Å². The third kappa shape index (κ3) is 3.52. The van der Waals surface area contributed by atoms with Crippen molar-refractivity contribution in [2.24, 2.45) is 7.05 Å².